The second kappa shape index (κ2) is 7.35. The highest BCUT2D eigenvalue weighted by Gasteiger charge is 2.18. The van der Waals surface area contributed by atoms with Gasteiger partial charge in [0.05, 0.1) is 12.2 Å². The van der Waals surface area contributed by atoms with Crippen LogP contribution in [-0.2, 0) is 19.4 Å². The number of aryl methyl sites for hydroxylation is 2. The van der Waals surface area contributed by atoms with Crippen molar-refractivity contribution in [1.82, 2.24) is 9.55 Å². The predicted molar refractivity (Wildman–Crippen MR) is 100 cm³/mol. The Balaban J connectivity index is 1.86. The number of imidazole rings is 1. The van der Waals surface area contributed by atoms with Gasteiger partial charge in [0.15, 0.2) is 0 Å². The second-order valence-electron chi connectivity index (χ2n) is 6.51. The number of hydrogen-bond donors (Lipinski definition) is 1. The van der Waals surface area contributed by atoms with E-state index in [-0.39, 0.29) is 0 Å². The molecule has 2 N–H and O–H groups in total. The van der Waals surface area contributed by atoms with Crippen molar-refractivity contribution in [2.24, 2.45) is 0 Å². The second-order valence-corrected chi connectivity index (χ2v) is 6.51. The van der Waals surface area contributed by atoms with E-state index < -0.39 is 0 Å². The number of nitrogens with two attached hydrogens (primary N) is 1. The van der Waals surface area contributed by atoms with E-state index in [1.54, 1.807) is 0 Å². The molecular weight excluding hydrogens is 294 g/mol. The number of hydrogen-bond acceptors (Lipinski definition) is 2. The van der Waals surface area contributed by atoms with Gasteiger partial charge in [-0.15, -0.1) is 0 Å². The van der Waals surface area contributed by atoms with Gasteiger partial charge in [0, 0.05) is 5.69 Å². The molecule has 3 nitrogen and oxygen atoms in total. The summed E-state index contributed by atoms with van der Waals surface area (Å²) in [5.41, 5.74) is 11.2. The average Bonchev–Trinajstić information content (AvgIpc) is 2.91. The van der Waals surface area contributed by atoms with Crippen LogP contribution in [0.4, 0.5) is 5.95 Å². The number of benzene rings is 2. The van der Waals surface area contributed by atoms with E-state index in [0.717, 1.165) is 25.1 Å². The van der Waals surface area contributed by atoms with Gasteiger partial charge in [-0.1, -0.05) is 74.5 Å². The molecule has 0 aliphatic rings. The molecule has 3 heteroatoms. The molecule has 3 rings (SSSR count). The minimum Gasteiger partial charge on any atom is -0.369 e. The van der Waals surface area contributed by atoms with Gasteiger partial charge < -0.3 is 10.3 Å². The van der Waals surface area contributed by atoms with E-state index in [1.807, 2.05) is 6.07 Å². The molecule has 2 aromatic carbocycles. The maximum Gasteiger partial charge on any atom is 0.200 e. The topological polar surface area (TPSA) is 43.8 Å². The zero-order chi connectivity index (χ0) is 16.9. The Morgan fingerprint density at radius 3 is 2.04 bits per heavy atom. The van der Waals surface area contributed by atoms with Gasteiger partial charge in [0.2, 0.25) is 5.95 Å². The molecule has 0 saturated heterocycles. The van der Waals surface area contributed by atoms with Gasteiger partial charge in [0.25, 0.3) is 0 Å². The van der Waals surface area contributed by atoms with Crippen LogP contribution in [0.2, 0.25) is 0 Å². The minimum atomic E-state index is 0.393. The molecule has 124 valence electrons. The Labute approximate surface area is 144 Å². The molecule has 1 heterocycles. The summed E-state index contributed by atoms with van der Waals surface area (Å²) in [6.45, 7) is 5.20. The first-order valence-corrected chi connectivity index (χ1v) is 8.57. The lowest BCUT2D eigenvalue weighted by molar-refractivity contribution is 0.687. The molecule has 0 spiro atoms. The molecule has 24 heavy (non-hydrogen) atoms. The molecule has 0 bridgehead atoms. The van der Waals surface area contributed by atoms with E-state index >= 15 is 0 Å². The van der Waals surface area contributed by atoms with Crippen LogP contribution in [0.15, 0.2) is 60.7 Å². The molecule has 0 saturated carbocycles. The van der Waals surface area contributed by atoms with Crippen molar-refractivity contribution in [3.05, 3.63) is 83.2 Å². The van der Waals surface area contributed by atoms with Crippen molar-refractivity contribution in [2.75, 3.05) is 5.73 Å². The summed E-state index contributed by atoms with van der Waals surface area (Å²) in [5.74, 6) is 1.01. The summed E-state index contributed by atoms with van der Waals surface area (Å²) in [5, 5.41) is 0. The fraction of sp³-hybridized carbons (Fsp3) is 0.286. The van der Waals surface area contributed by atoms with E-state index in [4.69, 9.17) is 5.73 Å². The minimum absolute atomic E-state index is 0.393. The maximum atomic E-state index is 6.25. The molecular formula is C21H25N3. The molecule has 0 atom stereocenters. The Bertz CT molecular complexity index is 774. The maximum absolute atomic E-state index is 6.25. The lowest BCUT2D eigenvalue weighted by Crippen LogP contribution is -2.10. The molecule has 0 radical (unpaired) electrons. The van der Waals surface area contributed by atoms with Crippen molar-refractivity contribution in [2.45, 2.75) is 39.2 Å². The van der Waals surface area contributed by atoms with Crippen LogP contribution >= 0.6 is 0 Å². The van der Waals surface area contributed by atoms with Crippen LogP contribution in [-0.4, -0.2) is 9.55 Å². The highest BCUT2D eigenvalue weighted by molar-refractivity contribution is 5.34. The van der Waals surface area contributed by atoms with Crippen molar-refractivity contribution >= 4 is 5.95 Å². The Morgan fingerprint density at radius 2 is 1.46 bits per heavy atom. The lowest BCUT2D eigenvalue weighted by atomic mass is 10.0. The van der Waals surface area contributed by atoms with Gasteiger partial charge >= 0.3 is 0 Å². The third-order valence-electron chi connectivity index (χ3n) is 4.34. The Kier molecular flexibility index (Phi) is 4.99. The van der Waals surface area contributed by atoms with Gasteiger partial charge in [-0.25, -0.2) is 4.98 Å². The number of anilines is 1. The van der Waals surface area contributed by atoms with E-state index in [1.165, 1.54) is 16.8 Å². The third kappa shape index (κ3) is 3.67. The van der Waals surface area contributed by atoms with Crippen molar-refractivity contribution in [3.63, 3.8) is 0 Å². The van der Waals surface area contributed by atoms with Gasteiger partial charge in [-0.05, 0) is 29.9 Å². The molecule has 0 fully saturated rings. The first-order valence-electron chi connectivity index (χ1n) is 8.57. The van der Waals surface area contributed by atoms with Crippen molar-refractivity contribution in [1.29, 1.82) is 0 Å². The van der Waals surface area contributed by atoms with Gasteiger partial charge in [-0.3, -0.25) is 0 Å². The van der Waals surface area contributed by atoms with E-state index in [0.29, 0.717) is 11.9 Å². The molecule has 3 aromatic rings. The van der Waals surface area contributed by atoms with Gasteiger partial charge in [-0.2, -0.15) is 0 Å². The molecule has 0 aliphatic heterocycles. The Morgan fingerprint density at radius 1 is 0.875 bits per heavy atom. The summed E-state index contributed by atoms with van der Waals surface area (Å²) >= 11 is 0. The van der Waals surface area contributed by atoms with E-state index in [9.17, 15) is 0 Å². The fourth-order valence-electron chi connectivity index (χ4n) is 3.20. The number of aromatic nitrogens is 2. The average molecular weight is 319 g/mol. The summed E-state index contributed by atoms with van der Waals surface area (Å²) < 4.78 is 2.17. The SMILES string of the molecule is CC(C)c1c(CCc2ccccc2)nc(N)n1Cc1ccccc1. The number of nitrogens with zero attached hydrogens (tertiary/aromatic N) is 2. The predicted octanol–water partition coefficient (Wildman–Crippen LogP) is 4.42. The van der Waals surface area contributed by atoms with Crippen LogP contribution in [0, 0.1) is 0 Å². The normalized spacial score (nSPS) is 11.1. The van der Waals surface area contributed by atoms with Crippen LogP contribution in [0.1, 0.15) is 42.3 Å². The van der Waals surface area contributed by atoms with Crippen LogP contribution < -0.4 is 5.73 Å². The highest BCUT2D eigenvalue weighted by Crippen LogP contribution is 2.25. The zero-order valence-corrected chi connectivity index (χ0v) is 14.4. The summed E-state index contributed by atoms with van der Waals surface area (Å²) in [6.07, 6.45) is 1.91. The molecule has 0 aliphatic carbocycles. The van der Waals surface area contributed by atoms with Crippen LogP contribution in [0.25, 0.3) is 0 Å². The molecule has 0 amide bonds. The first kappa shape index (κ1) is 16.3. The quantitative estimate of drug-likeness (QED) is 0.731. The first-order chi connectivity index (χ1) is 11.6. The zero-order valence-electron chi connectivity index (χ0n) is 14.4. The standard InChI is InChI=1S/C21H25N3/c1-16(2)20-19(14-13-17-9-5-3-6-10-17)23-21(22)24(20)15-18-11-7-4-8-12-18/h3-12,16H,13-15H2,1-2H3,(H2,22,23). The summed E-state index contributed by atoms with van der Waals surface area (Å²) in [4.78, 5) is 4.68. The van der Waals surface area contributed by atoms with Crippen LogP contribution in [0.5, 0.6) is 0 Å². The fourth-order valence-corrected chi connectivity index (χ4v) is 3.20. The number of nitrogen functional groups attached to an aromatic ring is 1. The smallest absolute Gasteiger partial charge is 0.200 e. The van der Waals surface area contributed by atoms with Crippen molar-refractivity contribution < 1.29 is 0 Å². The molecule has 0 unspecified atom stereocenters. The summed E-state index contributed by atoms with van der Waals surface area (Å²) in [6, 6.07) is 21.0. The highest BCUT2D eigenvalue weighted by atomic mass is 15.2. The van der Waals surface area contributed by atoms with E-state index in [2.05, 4.69) is 78.0 Å². The Hall–Kier alpha value is -2.55. The largest absolute Gasteiger partial charge is 0.369 e. The molecule has 1 aromatic heterocycles. The number of rotatable bonds is 6. The third-order valence-corrected chi connectivity index (χ3v) is 4.34. The van der Waals surface area contributed by atoms with Crippen LogP contribution in [0.3, 0.4) is 0 Å². The van der Waals surface area contributed by atoms with Crippen molar-refractivity contribution in [3.8, 4) is 0 Å². The lowest BCUT2D eigenvalue weighted by Gasteiger charge is -2.14. The monoisotopic (exact) mass is 319 g/mol. The summed E-state index contributed by atoms with van der Waals surface area (Å²) in [7, 11) is 0. The van der Waals surface area contributed by atoms with Gasteiger partial charge in [0.1, 0.15) is 0 Å².